The van der Waals surface area contributed by atoms with Crippen molar-refractivity contribution in [1.29, 1.82) is 0 Å². The molecule has 1 aromatic carbocycles. The molecule has 25 heavy (non-hydrogen) atoms. The maximum Gasteiger partial charge on any atom is 0.168 e. The number of ether oxygens (including phenoxy) is 1. The third kappa shape index (κ3) is 3.01. The van der Waals surface area contributed by atoms with E-state index in [-0.39, 0.29) is 0 Å². The molecule has 7 heteroatoms. The van der Waals surface area contributed by atoms with Gasteiger partial charge >= 0.3 is 0 Å². The molecule has 1 aliphatic heterocycles. The van der Waals surface area contributed by atoms with E-state index in [2.05, 4.69) is 49.5 Å². The summed E-state index contributed by atoms with van der Waals surface area (Å²) in [6.45, 7) is 3.36. The van der Waals surface area contributed by atoms with E-state index in [4.69, 9.17) is 4.74 Å². The first kappa shape index (κ1) is 16.1. The molecule has 4 rings (SSSR count). The Bertz CT molecular complexity index is 895. The molecule has 0 unspecified atom stereocenters. The summed E-state index contributed by atoms with van der Waals surface area (Å²) in [4.78, 5) is 16.6. The molecule has 1 aliphatic rings. The molecular formula is C18H19N5OS. The molecule has 6 nitrogen and oxygen atoms in total. The second-order valence-corrected chi connectivity index (χ2v) is 6.79. The van der Waals surface area contributed by atoms with Crippen LogP contribution in [0.5, 0.6) is 0 Å². The fraction of sp³-hybridized carbons (Fsp3) is 0.278. The minimum Gasteiger partial charge on any atom is -0.364 e. The first-order valence-electron chi connectivity index (χ1n) is 8.18. The lowest BCUT2D eigenvalue weighted by molar-refractivity contribution is 0.204. The summed E-state index contributed by atoms with van der Waals surface area (Å²) in [5, 5.41) is 0.905. The predicted octanol–water partition coefficient (Wildman–Crippen LogP) is 3.49. The normalized spacial score (nSPS) is 12.8. The molecule has 3 aromatic rings. The van der Waals surface area contributed by atoms with E-state index in [1.54, 1.807) is 31.3 Å². The molecule has 0 saturated heterocycles. The van der Waals surface area contributed by atoms with Crippen LogP contribution in [0.3, 0.4) is 0 Å². The van der Waals surface area contributed by atoms with E-state index in [9.17, 15) is 0 Å². The number of methoxy groups -OCH3 is 1. The highest BCUT2D eigenvalue weighted by Crippen LogP contribution is 2.46. The fourth-order valence-electron chi connectivity index (χ4n) is 3.01. The zero-order valence-corrected chi connectivity index (χ0v) is 15.0. The third-order valence-electron chi connectivity index (χ3n) is 4.15. The van der Waals surface area contributed by atoms with Crippen LogP contribution in [0.4, 0.5) is 11.5 Å². The van der Waals surface area contributed by atoms with Gasteiger partial charge in [0.15, 0.2) is 5.82 Å². The number of aryl methyl sites for hydroxylation is 1. The summed E-state index contributed by atoms with van der Waals surface area (Å²) >= 11 is 1.65. The molecule has 0 amide bonds. The predicted molar refractivity (Wildman–Crippen MR) is 97.3 cm³/mol. The van der Waals surface area contributed by atoms with Crippen LogP contribution in [-0.4, -0.2) is 33.4 Å². The van der Waals surface area contributed by atoms with E-state index in [0.29, 0.717) is 6.73 Å². The molecular weight excluding hydrogens is 334 g/mol. The molecule has 3 heterocycles. The van der Waals surface area contributed by atoms with Crippen molar-refractivity contribution in [2.45, 2.75) is 29.8 Å². The van der Waals surface area contributed by atoms with Gasteiger partial charge in [0.05, 0.1) is 5.69 Å². The number of hydrogen-bond acceptors (Lipinski definition) is 6. The second-order valence-electron chi connectivity index (χ2n) is 5.76. The van der Waals surface area contributed by atoms with E-state index >= 15 is 0 Å². The van der Waals surface area contributed by atoms with Gasteiger partial charge in [0.25, 0.3) is 0 Å². The smallest absolute Gasteiger partial charge is 0.168 e. The van der Waals surface area contributed by atoms with Crippen LogP contribution in [0.2, 0.25) is 0 Å². The Balaban J connectivity index is 1.71. The van der Waals surface area contributed by atoms with Gasteiger partial charge in [-0.15, -0.1) is 0 Å². The monoisotopic (exact) mass is 353 g/mol. The minimum absolute atomic E-state index is 0.438. The Labute approximate surface area is 150 Å². The van der Waals surface area contributed by atoms with Crippen LogP contribution in [-0.2, 0) is 17.7 Å². The van der Waals surface area contributed by atoms with E-state index in [0.717, 1.165) is 40.2 Å². The van der Waals surface area contributed by atoms with Gasteiger partial charge in [-0.25, -0.2) is 15.0 Å². The Morgan fingerprint density at radius 1 is 1.12 bits per heavy atom. The van der Waals surface area contributed by atoms with Crippen LogP contribution < -0.4 is 4.90 Å². The first-order chi connectivity index (χ1) is 12.3. The lowest BCUT2D eigenvalue weighted by Crippen LogP contribution is -2.24. The molecule has 2 aromatic heterocycles. The Morgan fingerprint density at radius 2 is 2.00 bits per heavy atom. The average Bonchev–Trinajstić information content (AvgIpc) is 3.09. The van der Waals surface area contributed by atoms with E-state index < -0.39 is 0 Å². The molecule has 0 spiro atoms. The first-order valence-corrected chi connectivity index (χ1v) is 9.00. The number of hydrogen-bond donors (Lipinski definition) is 0. The van der Waals surface area contributed by atoms with Crippen molar-refractivity contribution in [1.82, 2.24) is 19.5 Å². The average molecular weight is 353 g/mol. The van der Waals surface area contributed by atoms with Crippen LogP contribution in [0.25, 0.3) is 0 Å². The lowest BCUT2D eigenvalue weighted by Gasteiger charge is -2.30. The van der Waals surface area contributed by atoms with Crippen molar-refractivity contribution in [2.75, 3.05) is 18.7 Å². The van der Waals surface area contributed by atoms with Crippen LogP contribution >= 0.6 is 11.8 Å². The van der Waals surface area contributed by atoms with E-state index in [1.165, 1.54) is 5.56 Å². The Hall–Kier alpha value is -2.38. The summed E-state index contributed by atoms with van der Waals surface area (Å²) in [5.41, 5.74) is 2.33. The fourth-order valence-corrected chi connectivity index (χ4v) is 3.99. The van der Waals surface area contributed by atoms with E-state index in [1.807, 2.05) is 12.4 Å². The molecule has 0 N–H and O–H groups in total. The summed E-state index contributed by atoms with van der Waals surface area (Å²) in [7, 11) is 1.69. The molecule has 0 radical (unpaired) electrons. The molecule has 128 valence electrons. The van der Waals surface area contributed by atoms with Crippen molar-refractivity contribution in [2.24, 2.45) is 0 Å². The number of benzene rings is 1. The summed E-state index contributed by atoms with van der Waals surface area (Å²) in [6.07, 6.45) is 8.25. The second kappa shape index (κ2) is 6.85. The maximum atomic E-state index is 5.41. The van der Waals surface area contributed by atoms with Gasteiger partial charge < -0.3 is 9.30 Å². The van der Waals surface area contributed by atoms with Gasteiger partial charge in [-0.1, -0.05) is 24.8 Å². The summed E-state index contributed by atoms with van der Waals surface area (Å²) in [6, 6.07) is 6.52. The lowest BCUT2D eigenvalue weighted by atomic mass is 10.1. The molecule has 0 fully saturated rings. The number of rotatable bonds is 5. The van der Waals surface area contributed by atoms with Crippen LogP contribution in [0.15, 0.2) is 52.9 Å². The number of nitrogens with zero attached hydrogens (tertiary/aromatic N) is 5. The highest BCUT2D eigenvalue weighted by atomic mass is 32.2. The molecule has 0 saturated carbocycles. The van der Waals surface area contributed by atoms with Gasteiger partial charge in [-0.2, -0.15) is 0 Å². The zero-order chi connectivity index (χ0) is 17.2. The number of anilines is 2. The minimum atomic E-state index is 0.438. The highest BCUT2D eigenvalue weighted by Gasteiger charge is 2.25. The number of fused-ring (bicyclic) bond motifs is 2. The number of aromatic nitrogens is 4. The highest BCUT2D eigenvalue weighted by molar-refractivity contribution is 7.99. The summed E-state index contributed by atoms with van der Waals surface area (Å²) < 4.78 is 7.60. The zero-order valence-electron chi connectivity index (χ0n) is 14.2. The topological polar surface area (TPSA) is 56.1 Å². The summed E-state index contributed by atoms with van der Waals surface area (Å²) in [5.74, 6) is 1.94. The Kier molecular flexibility index (Phi) is 4.42. The van der Waals surface area contributed by atoms with Gasteiger partial charge in [0.2, 0.25) is 0 Å². The largest absolute Gasteiger partial charge is 0.364 e. The van der Waals surface area contributed by atoms with Crippen molar-refractivity contribution in [3.8, 4) is 0 Å². The molecule has 0 bridgehead atoms. The standard InChI is InChI=1S/C18H19N5OS/c1-3-16-19-8-9-22(16)11-13-4-5-15-14(10-13)23(12-24-2)17-18(25-15)21-7-6-20-17/h4-10H,3,11-12H2,1-2H3. The third-order valence-corrected chi connectivity index (χ3v) is 5.20. The van der Waals surface area contributed by atoms with Gasteiger partial charge in [-0.3, -0.25) is 4.90 Å². The van der Waals surface area contributed by atoms with Gasteiger partial charge in [0.1, 0.15) is 17.6 Å². The SMILES string of the molecule is CCc1nccn1Cc1ccc2c(c1)N(COC)c1nccnc1S2. The maximum absolute atomic E-state index is 5.41. The van der Waals surface area contributed by atoms with Crippen molar-refractivity contribution in [3.63, 3.8) is 0 Å². The Morgan fingerprint density at radius 3 is 2.84 bits per heavy atom. The van der Waals surface area contributed by atoms with Crippen LogP contribution in [0.1, 0.15) is 18.3 Å². The molecule has 0 atom stereocenters. The van der Waals surface area contributed by atoms with Gasteiger partial charge in [0, 0.05) is 49.8 Å². The van der Waals surface area contributed by atoms with Crippen molar-refractivity contribution < 1.29 is 4.74 Å². The van der Waals surface area contributed by atoms with Gasteiger partial charge in [-0.05, 0) is 17.7 Å². The number of imidazole rings is 1. The quantitative estimate of drug-likeness (QED) is 0.700. The van der Waals surface area contributed by atoms with Crippen molar-refractivity contribution in [3.05, 3.63) is 54.4 Å². The van der Waals surface area contributed by atoms with Crippen molar-refractivity contribution >= 4 is 23.3 Å². The molecule has 0 aliphatic carbocycles. The van der Waals surface area contributed by atoms with Crippen LogP contribution in [0, 0.1) is 0 Å².